The summed E-state index contributed by atoms with van der Waals surface area (Å²) in [5.74, 6) is -0.476. The van der Waals surface area contributed by atoms with Crippen molar-refractivity contribution in [2.45, 2.75) is 0 Å². The molecular formula is C7H8N2O3. The van der Waals surface area contributed by atoms with Crippen molar-refractivity contribution in [3.05, 3.63) is 18.3 Å². The molecule has 0 aliphatic heterocycles. The number of aromatic nitrogens is 1. The predicted octanol–water partition coefficient (Wildman–Crippen LogP) is 0.284. The number of anilines is 1. The number of nitrogens with one attached hydrogen (secondary N) is 1. The van der Waals surface area contributed by atoms with E-state index in [4.69, 9.17) is 10.2 Å². The van der Waals surface area contributed by atoms with Gasteiger partial charge < -0.3 is 15.5 Å². The van der Waals surface area contributed by atoms with Crippen LogP contribution < -0.4 is 5.32 Å². The van der Waals surface area contributed by atoms with Crippen LogP contribution in [0, 0.1) is 0 Å². The van der Waals surface area contributed by atoms with E-state index in [9.17, 15) is 4.79 Å². The second-order valence-electron chi connectivity index (χ2n) is 2.15. The SMILES string of the molecule is O=C(O)CNc1ccc(O)cn1. The van der Waals surface area contributed by atoms with Crippen molar-refractivity contribution >= 4 is 11.8 Å². The molecule has 0 saturated carbocycles. The molecule has 64 valence electrons. The van der Waals surface area contributed by atoms with Crippen molar-refractivity contribution < 1.29 is 15.0 Å². The number of carboxylic acid groups (broad SMARTS) is 1. The van der Waals surface area contributed by atoms with Crippen molar-refractivity contribution in [1.82, 2.24) is 4.98 Å². The third kappa shape index (κ3) is 2.45. The number of hydrogen-bond acceptors (Lipinski definition) is 4. The fourth-order valence-electron chi connectivity index (χ4n) is 0.657. The van der Waals surface area contributed by atoms with Crippen LogP contribution in [-0.4, -0.2) is 27.7 Å². The lowest BCUT2D eigenvalue weighted by Crippen LogP contribution is -2.12. The van der Waals surface area contributed by atoms with Crippen molar-refractivity contribution in [1.29, 1.82) is 0 Å². The first-order valence-electron chi connectivity index (χ1n) is 3.29. The molecule has 0 aliphatic rings. The van der Waals surface area contributed by atoms with Gasteiger partial charge in [0.25, 0.3) is 0 Å². The van der Waals surface area contributed by atoms with Gasteiger partial charge in [-0.1, -0.05) is 0 Å². The van der Waals surface area contributed by atoms with Crippen molar-refractivity contribution in [2.75, 3.05) is 11.9 Å². The summed E-state index contributed by atoms with van der Waals surface area (Å²) in [4.78, 5) is 13.8. The molecule has 0 saturated heterocycles. The van der Waals surface area contributed by atoms with Gasteiger partial charge in [0.2, 0.25) is 0 Å². The van der Waals surface area contributed by atoms with Gasteiger partial charge in [-0.3, -0.25) is 4.79 Å². The number of hydrogen-bond donors (Lipinski definition) is 3. The van der Waals surface area contributed by atoms with Crippen LogP contribution in [0.5, 0.6) is 5.75 Å². The maximum atomic E-state index is 10.1. The Morgan fingerprint density at radius 3 is 2.83 bits per heavy atom. The van der Waals surface area contributed by atoms with Gasteiger partial charge in [-0.15, -0.1) is 0 Å². The van der Waals surface area contributed by atoms with E-state index >= 15 is 0 Å². The molecule has 0 unspecified atom stereocenters. The van der Waals surface area contributed by atoms with Gasteiger partial charge in [-0.2, -0.15) is 0 Å². The fourth-order valence-corrected chi connectivity index (χ4v) is 0.657. The second kappa shape index (κ2) is 3.56. The summed E-state index contributed by atoms with van der Waals surface area (Å²) in [5.41, 5.74) is 0. The summed E-state index contributed by atoms with van der Waals surface area (Å²) in [6.07, 6.45) is 1.24. The molecule has 1 aromatic rings. The van der Waals surface area contributed by atoms with Crippen LogP contribution in [0.3, 0.4) is 0 Å². The maximum absolute atomic E-state index is 10.1. The molecule has 0 amide bonds. The summed E-state index contributed by atoms with van der Waals surface area (Å²) in [7, 11) is 0. The summed E-state index contributed by atoms with van der Waals surface area (Å²) >= 11 is 0. The molecule has 3 N–H and O–H groups in total. The van der Waals surface area contributed by atoms with Crippen LogP contribution in [0.15, 0.2) is 18.3 Å². The Labute approximate surface area is 68.7 Å². The molecule has 1 rings (SSSR count). The molecule has 12 heavy (non-hydrogen) atoms. The Balaban J connectivity index is 2.53. The monoisotopic (exact) mass is 168 g/mol. The third-order valence-electron chi connectivity index (χ3n) is 1.17. The highest BCUT2D eigenvalue weighted by Crippen LogP contribution is 2.08. The van der Waals surface area contributed by atoms with Crippen LogP contribution in [0.2, 0.25) is 0 Å². The van der Waals surface area contributed by atoms with E-state index in [-0.39, 0.29) is 12.3 Å². The Bertz CT molecular complexity index is 270. The Morgan fingerprint density at radius 2 is 2.33 bits per heavy atom. The molecule has 0 spiro atoms. The minimum absolute atomic E-state index is 0.0517. The first-order valence-corrected chi connectivity index (χ1v) is 3.29. The summed E-state index contributed by atoms with van der Waals surface area (Å²) in [6, 6.07) is 2.93. The highest BCUT2D eigenvalue weighted by molar-refractivity contribution is 5.72. The van der Waals surface area contributed by atoms with Gasteiger partial charge in [0.05, 0.1) is 6.20 Å². The fraction of sp³-hybridized carbons (Fsp3) is 0.143. The molecule has 1 heterocycles. The van der Waals surface area contributed by atoms with Gasteiger partial charge >= 0.3 is 5.97 Å². The number of nitrogens with zero attached hydrogens (tertiary/aromatic N) is 1. The van der Waals surface area contributed by atoms with Crippen molar-refractivity contribution in [2.24, 2.45) is 0 Å². The second-order valence-corrected chi connectivity index (χ2v) is 2.15. The largest absolute Gasteiger partial charge is 0.506 e. The number of carboxylic acids is 1. The third-order valence-corrected chi connectivity index (χ3v) is 1.17. The lowest BCUT2D eigenvalue weighted by Gasteiger charge is -2.00. The van der Waals surface area contributed by atoms with E-state index in [1.54, 1.807) is 0 Å². The van der Waals surface area contributed by atoms with Crippen LogP contribution in [0.25, 0.3) is 0 Å². The summed E-state index contributed by atoms with van der Waals surface area (Å²) in [5, 5.41) is 19.7. The Kier molecular flexibility index (Phi) is 2.47. The standard InChI is InChI=1S/C7H8N2O3/c10-5-1-2-6(8-3-5)9-4-7(11)12/h1-3,10H,4H2,(H,8,9)(H,11,12). The molecule has 5 heteroatoms. The first-order chi connectivity index (χ1) is 5.68. The van der Waals surface area contributed by atoms with E-state index in [0.29, 0.717) is 5.82 Å². The number of aliphatic carboxylic acids is 1. The van der Waals surface area contributed by atoms with E-state index in [1.165, 1.54) is 18.3 Å². The average molecular weight is 168 g/mol. The van der Waals surface area contributed by atoms with Gasteiger partial charge in [-0.05, 0) is 12.1 Å². The molecular weight excluding hydrogens is 160 g/mol. The van der Waals surface area contributed by atoms with Crippen LogP contribution in [0.4, 0.5) is 5.82 Å². The number of carbonyl (C=O) groups is 1. The van der Waals surface area contributed by atoms with Crippen LogP contribution in [-0.2, 0) is 4.79 Å². The molecule has 1 aromatic heterocycles. The van der Waals surface area contributed by atoms with E-state index in [1.807, 2.05) is 0 Å². The molecule has 0 aliphatic carbocycles. The Hall–Kier alpha value is -1.78. The average Bonchev–Trinajstić information content (AvgIpc) is 2.03. The normalized spacial score (nSPS) is 9.33. The van der Waals surface area contributed by atoms with Crippen molar-refractivity contribution in [3.8, 4) is 5.75 Å². The minimum atomic E-state index is -0.954. The number of rotatable bonds is 3. The zero-order valence-electron chi connectivity index (χ0n) is 6.19. The molecule has 0 fully saturated rings. The maximum Gasteiger partial charge on any atom is 0.322 e. The van der Waals surface area contributed by atoms with Crippen LogP contribution in [0.1, 0.15) is 0 Å². The van der Waals surface area contributed by atoms with Crippen LogP contribution >= 0.6 is 0 Å². The van der Waals surface area contributed by atoms with Gasteiger partial charge in [-0.25, -0.2) is 4.98 Å². The highest BCUT2D eigenvalue weighted by Gasteiger charge is 1.97. The first kappa shape index (κ1) is 8.32. The summed E-state index contributed by atoms with van der Waals surface area (Å²) in [6.45, 7) is -0.183. The zero-order valence-corrected chi connectivity index (χ0v) is 6.19. The quantitative estimate of drug-likeness (QED) is 0.604. The van der Waals surface area contributed by atoms with Gasteiger partial charge in [0.15, 0.2) is 0 Å². The topological polar surface area (TPSA) is 82.5 Å². The highest BCUT2D eigenvalue weighted by atomic mass is 16.4. The van der Waals surface area contributed by atoms with Crippen molar-refractivity contribution in [3.63, 3.8) is 0 Å². The van der Waals surface area contributed by atoms with Gasteiger partial charge in [0.1, 0.15) is 18.1 Å². The van der Waals surface area contributed by atoms with E-state index in [2.05, 4.69) is 10.3 Å². The summed E-state index contributed by atoms with van der Waals surface area (Å²) < 4.78 is 0. The number of pyridine rings is 1. The number of aromatic hydroxyl groups is 1. The Morgan fingerprint density at radius 1 is 1.58 bits per heavy atom. The minimum Gasteiger partial charge on any atom is -0.506 e. The molecule has 0 radical (unpaired) electrons. The predicted molar refractivity (Wildman–Crippen MR) is 42.0 cm³/mol. The van der Waals surface area contributed by atoms with E-state index in [0.717, 1.165) is 0 Å². The lowest BCUT2D eigenvalue weighted by molar-refractivity contribution is -0.134. The van der Waals surface area contributed by atoms with E-state index < -0.39 is 5.97 Å². The molecule has 0 aromatic carbocycles. The smallest absolute Gasteiger partial charge is 0.322 e. The zero-order chi connectivity index (χ0) is 8.97. The molecule has 0 bridgehead atoms. The van der Waals surface area contributed by atoms with Gasteiger partial charge in [0, 0.05) is 0 Å². The lowest BCUT2D eigenvalue weighted by atomic mass is 10.4. The molecule has 0 atom stereocenters. The molecule has 5 nitrogen and oxygen atoms in total.